The molecule has 1 aromatic heterocycles. The fourth-order valence-corrected chi connectivity index (χ4v) is 8.20. The van der Waals surface area contributed by atoms with E-state index in [1.807, 2.05) is 0 Å². The molecule has 0 radical (unpaired) electrons. The summed E-state index contributed by atoms with van der Waals surface area (Å²) in [5.41, 5.74) is 12.1. The molecule has 0 saturated heterocycles. The number of fused-ring (bicyclic) bond motifs is 10. The van der Waals surface area contributed by atoms with Crippen molar-refractivity contribution in [3.8, 4) is 33.4 Å². The molecule has 1 nitrogen and oxygen atoms in total. The van der Waals surface area contributed by atoms with Gasteiger partial charge in [-0.05, 0) is 107 Å². The van der Waals surface area contributed by atoms with Gasteiger partial charge in [-0.1, -0.05) is 129 Å². The molecular weight excluding hydrogens is 556 g/mol. The topological polar surface area (TPSA) is 13.1 Å². The molecule has 0 bridgehead atoms. The van der Waals surface area contributed by atoms with Gasteiger partial charge in [-0.15, -0.1) is 0 Å². The van der Waals surface area contributed by atoms with E-state index in [0.29, 0.717) is 0 Å². The summed E-state index contributed by atoms with van der Waals surface area (Å²) in [6.45, 7) is 4.80. The van der Waals surface area contributed by atoms with Crippen LogP contribution in [0.1, 0.15) is 25.0 Å². The van der Waals surface area contributed by atoms with Crippen molar-refractivity contribution in [1.82, 2.24) is 0 Å². The standard InChI is InChI=1S/C45H30O/c1-45(2)39-25-33(35-15-8-16-40-43(35)38-24-30-11-5-6-12-31(30)26-41(38)46-40)20-21-36(39)37-22-19-28-13-7-14-34(42(28)44(37)45)32-18-17-27-9-3-4-10-29(27)23-32/h3-26H,1-2H3. The maximum Gasteiger partial charge on any atom is 0.136 e. The van der Waals surface area contributed by atoms with E-state index in [1.54, 1.807) is 0 Å². The van der Waals surface area contributed by atoms with Crippen LogP contribution in [-0.4, -0.2) is 0 Å². The smallest absolute Gasteiger partial charge is 0.136 e. The Labute approximate surface area is 267 Å². The zero-order valence-corrected chi connectivity index (χ0v) is 25.8. The Morgan fingerprint density at radius 2 is 1.02 bits per heavy atom. The van der Waals surface area contributed by atoms with E-state index < -0.39 is 0 Å². The van der Waals surface area contributed by atoms with Crippen LogP contribution in [-0.2, 0) is 5.41 Å². The first-order chi connectivity index (χ1) is 22.5. The van der Waals surface area contributed by atoms with Gasteiger partial charge in [0.1, 0.15) is 11.2 Å². The molecule has 10 rings (SSSR count). The van der Waals surface area contributed by atoms with E-state index in [2.05, 4.69) is 159 Å². The van der Waals surface area contributed by atoms with Gasteiger partial charge in [-0.2, -0.15) is 0 Å². The highest BCUT2D eigenvalue weighted by Gasteiger charge is 2.38. The van der Waals surface area contributed by atoms with Crippen LogP contribution in [0, 0.1) is 0 Å². The van der Waals surface area contributed by atoms with Crippen molar-refractivity contribution < 1.29 is 4.42 Å². The van der Waals surface area contributed by atoms with Crippen LogP contribution in [0.4, 0.5) is 0 Å². The zero-order chi connectivity index (χ0) is 30.6. The van der Waals surface area contributed by atoms with Crippen LogP contribution >= 0.6 is 0 Å². The van der Waals surface area contributed by atoms with E-state index >= 15 is 0 Å². The minimum absolute atomic E-state index is 0.185. The normalized spacial score (nSPS) is 13.6. The molecule has 1 heterocycles. The Kier molecular flexibility index (Phi) is 5.12. The zero-order valence-electron chi connectivity index (χ0n) is 25.8. The average molecular weight is 587 g/mol. The summed E-state index contributed by atoms with van der Waals surface area (Å²) in [5.74, 6) is 0. The van der Waals surface area contributed by atoms with Crippen molar-refractivity contribution in [3.63, 3.8) is 0 Å². The second kappa shape index (κ2) is 9.19. The molecule has 0 N–H and O–H groups in total. The van der Waals surface area contributed by atoms with E-state index in [9.17, 15) is 0 Å². The predicted octanol–water partition coefficient (Wildman–Crippen LogP) is 12.7. The fourth-order valence-electron chi connectivity index (χ4n) is 8.20. The molecule has 0 saturated carbocycles. The first-order valence-electron chi connectivity index (χ1n) is 16.1. The van der Waals surface area contributed by atoms with Crippen LogP contribution in [0.2, 0.25) is 0 Å². The summed E-state index contributed by atoms with van der Waals surface area (Å²) in [4.78, 5) is 0. The van der Waals surface area contributed by atoms with Crippen molar-refractivity contribution >= 4 is 54.3 Å². The van der Waals surface area contributed by atoms with Crippen molar-refractivity contribution in [2.75, 3.05) is 0 Å². The second-order valence-corrected chi connectivity index (χ2v) is 13.3. The highest BCUT2D eigenvalue weighted by atomic mass is 16.3. The summed E-state index contributed by atoms with van der Waals surface area (Å²) >= 11 is 0. The molecule has 46 heavy (non-hydrogen) atoms. The molecule has 0 fully saturated rings. The summed E-state index contributed by atoms with van der Waals surface area (Å²) in [7, 11) is 0. The van der Waals surface area contributed by atoms with E-state index in [0.717, 1.165) is 11.2 Å². The van der Waals surface area contributed by atoms with Gasteiger partial charge in [0.2, 0.25) is 0 Å². The van der Waals surface area contributed by atoms with Crippen molar-refractivity contribution in [2.24, 2.45) is 0 Å². The van der Waals surface area contributed by atoms with Crippen LogP contribution in [0.5, 0.6) is 0 Å². The Bertz CT molecular complexity index is 2720. The highest BCUT2D eigenvalue weighted by Crippen LogP contribution is 2.54. The summed E-state index contributed by atoms with van der Waals surface area (Å²) in [6, 6.07) is 53.4. The van der Waals surface area contributed by atoms with Crippen LogP contribution < -0.4 is 0 Å². The van der Waals surface area contributed by atoms with Crippen molar-refractivity contribution in [1.29, 1.82) is 0 Å². The number of hydrogen-bond acceptors (Lipinski definition) is 1. The first kappa shape index (κ1) is 25.6. The lowest BCUT2D eigenvalue weighted by Crippen LogP contribution is -2.16. The Balaban J connectivity index is 1.18. The monoisotopic (exact) mass is 586 g/mol. The lowest BCUT2D eigenvalue weighted by Gasteiger charge is -2.25. The van der Waals surface area contributed by atoms with Gasteiger partial charge in [-0.25, -0.2) is 0 Å². The Hall–Kier alpha value is -5.66. The Morgan fingerprint density at radius 1 is 0.413 bits per heavy atom. The number of furan rings is 1. The predicted molar refractivity (Wildman–Crippen MR) is 195 cm³/mol. The van der Waals surface area contributed by atoms with Crippen LogP contribution in [0.15, 0.2) is 150 Å². The molecule has 1 heteroatoms. The van der Waals surface area contributed by atoms with Crippen molar-refractivity contribution in [2.45, 2.75) is 19.3 Å². The van der Waals surface area contributed by atoms with E-state index in [1.165, 1.54) is 87.6 Å². The van der Waals surface area contributed by atoms with Gasteiger partial charge in [0.05, 0.1) is 0 Å². The van der Waals surface area contributed by atoms with E-state index in [4.69, 9.17) is 4.42 Å². The fraction of sp³-hybridized carbons (Fsp3) is 0.0667. The third-order valence-electron chi connectivity index (χ3n) is 10.4. The lowest BCUT2D eigenvalue weighted by molar-refractivity contribution is 0.666. The minimum Gasteiger partial charge on any atom is -0.456 e. The minimum atomic E-state index is -0.185. The number of hydrogen-bond donors (Lipinski definition) is 0. The van der Waals surface area contributed by atoms with Crippen LogP contribution in [0.25, 0.3) is 87.6 Å². The maximum atomic E-state index is 6.44. The molecule has 0 aliphatic heterocycles. The summed E-state index contributed by atoms with van der Waals surface area (Å²) in [5, 5.41) is 9.95. The summed E-state index contributed by atoms with van der Waals surface area (Å²) < 4.78 is 6.44. The molecular formula is C45H30O. The molecule has 0 unspecified atom stereocenters. The molecule has 0 atom stereocenters. The molecule has 9 aromatic rings. The van der Waals surface area contributed by atoms with Crippen LogP contribution in [0.3, 0.4) is 0 Å². The van der Waals surface area contributed by atoms with Gasteiger partial charge in [0.15, 0.2) is 0 Å². The lowest BCUT2D eigenvalue weighted by atomic mass is 9.78. The molecule has 8 aromatic carbocycles. The highest BCUT2D eigenvalue weighted by molar-refractivity contribution is 6.16. The quantitative estimate of drug-likeness (QED) is 0.196. The molecule has 0 amide bonds. The number of benzene rings is 8. The molecule has 0 spiro atoms. The van der Waals surface area contributed by atoms with Gasteiger partial charge in [-0.3, -0.25) is 0 Å². The number of rotatable bonds is 2. The van der Waals surface area contributed by atoms with E-state index in [-0.39, 0.29) is 5.41 Å². The summed E-state index contributed by atoms with van der Waals surface area (Å²) in [6.07, 6.45) is 0. The second-order valence-electron chi connectivity index (χ2n) is 13.3. The van der Waals surface area contributed by atoms with Gasteiger partial charge < -0.3 is 4.42 Å². The Morgan fingerprint density at radius 3 is 1.85 bits per heavy atom. The van der Waals surface area contributed by atoms with Gasteiger partial charge in [0, 0.05) is 16.2 Å². The average Bonchev–Trinajstić information content (AvgIpc) is 3.57. The molecule has 1 aliphatic rings. The first-order valence-corrected chi connectivity index (χ1v) is 16.1. The molecule has 216 valence electrons. The molecule has 1 aliphatic carbocycles. The largest absolute Gasteiger partial charge is 0.456 e. The van der Waals surface area contributed by atoms with Gasteiger partial charge in [0.25, 0.3) is 0 Å². The third kappa shape index (κ3) is 3.51. The van der Waals surface area contributed by atoms with Crippen molar-refractivity contribution in [3.05, 3.63) is 157 Å². The third-order valence-corrected chi connectivity index (χ3v) is 10.4. The SMILES string of the molecule is CC1(C)c2cc(-c3cccc4oc5cc6ccccc6cc5c34)ccc2-c2ccc3cccc(-c4ccc5ccccc5c4)c3c21. The van der Waals surface area contributed by atoms with Gasteiger partial charge >= 0.3 is 0 Å². The maximum absolute atomic E-state index is 6.44.